The molecule has 1 aliphatic carbocycles. The zero-order valence-corrected chi connectivity index (χ0v) is 24.1. The number of carbonyl (C=O) groups is 1. The molecule has 0 heterocycles. The van der Waals surface area contributed by atoms with Crippen molar-refractivity contribution in [1.29, 1.82) is 0 Å². The lowest BCUT2D eigenvalue weighted by Crippen LogP contribution is -2.36. The van der Waals surface area contributed by atoms with Crippen LogP contribution in [0.25, 0.3) is 0 Å². The predicted octanol–water partition coefficient (Wildman–Crippen LogP) is 6.37. The van der Waals surface area contributed by atoms with Gasteiger partial charge in [-0.3, -0.25) is 4.79 Å². The highest BCUT2D eigenvalue weighted by Crippen LogP contribution is 2.33. The molecule has 1 unspecified atom stereocenters. The Bertz CT molecular complexity index is 1460. The number of benzene rings is 3. The summed E-state index contributed by atoms with van der Waals surface area (Å²) in [5.41, 5.74) is 2.87. The quantitative estimate of drug-likeness (QED) is 0.257. The van der Waals surface area contributed by atoms with E-state index in [1.807, 2.05) is 0 Å². The fourth-order valence-corrected chi connectivity index (χ4v) is 6.57. The molecular formula is C31H36F3N3O3S. The molecule has 0 saturated heterocycles. The Labute approximate surface area is 239 Å². The molecule has 0 aromatic heterocycles. The van der Waals surface area contributed by atoms with Crippen LogP contribution in [-0.4, -0.2) is 20.4 Å². The third-order valence-electron chi connectivity index (χ3n) is 7.26. The van der Waals surface area contributed by atoms with Gasteiger partial charge in [0, 0.05) is 18.5 Å². The molecule has 0 aliphatic heterocycles. The maximum absolute atomic E-state index is 13.3. The Balaban J connectivity index is 1.52. The number of amides is 1. The van der Waals surface area contributed by atoms with Gasteiger partial charge >= 0.3 is 6.18 Å². The topological polar surface area (TPSA) is 87.3 Å². The van der Waals surface area contributed by atoms with E-state index < -0.39 is 32.7 Å². The van der Waals surface area contributed by atoms with Gasteiger partial charge in [0.05, 0.1) is 22.5 Å². The second-order valence-electron chi connectivity index (χ2n) is 10.8. The first kappa shape index (κ1) is 30.7. The van der Waals surface area contributed by atoms with Crippen molar-refractivity contribution in [2.45, 2.75) is 81.7 Å². The minimum atomic E-state index is -4.69. The molecule has 41 heavy (non-hydrogen) atoms. The van der Waals surface area contributed by atoms with Gasteiger partial charge in [-0.25, -0.2) is 13.1 Å². The van der Waals surface area contributed by atoms with E-state index in [-0.39, 0.29) is 24.4 Å². The van der Waals surface area contributed by atoms with E-state index in [0.717, 1.165) is 43.0 Å². The number of halogens is 3. The zero-order valence-electron chi connectivity index (χ0n) is 23.3. The highest BCUT2D eigenvalue weighted by molar-refractivity contribution is 7.89. The van der Waals surface area contributed by atoms with Crippen molar-refractivity contribution in [2.24, 2.45) is 0 Å². The Morgan fingerprint density at radius 3 is 2.37 bits per heavy atom. The minimum Gasteiger partial charge on any atom is -0.349 e. The minimum absolute atomic E-state index is 0.187. The highest BCUT2D eigenvalue weighted by atomic mass is 32.2. The molecule has 3 aromatic rings. The standard InChI is InChI=1S/C31H36F3N3O3S/c1-20(2)35-21(3)23-15-16-27-24(17-23)11-7-14-28(27)36-30(38)19-29(22-9-5-4-6-10-22)37-41(39,40)26-13-8-12-25(18-26)31(32,33)34/h4-6,8-10,12-13,15-18,20-21,28-29,35,37H,7,11,14,19H2,1-3H3,(H,36,38)/t21?,28-,29-/m1/s1. The Kier molecular flexibility index (Phi) is 9.56. The van der Waals surface area contributed by atoms with E-state index in [1.165, 1.54) is 11.1 Å². The van der Waals surface area contributed by atoms with Crippen molar-refractivity contribution in [2.75, 3.05) is 0 Å². The van der Waals surface area contributed by atoms with Gasteiger partial charge in [-0.05, 0) is 66.6 Å². The van der Waals surface area contributed by atoms with E-state index in [4.69, 9.17) is 0 Å². The van der Waals surface area contributed by atoms with E-state index in [2.05, 4.69) is 54.3 Å². The predicted molar refractivity (Wildman–Crippen MR) is 153 cm³/mol. The number of aryl methyl sites for hydroxylation is 1. The molecule has 3 N–H and O–H groups in total. The van der Waals surface area contributed by atoms with Crippen LogP contribution >= 0.6 is 0 Å². The monoisotopic (exact) mass is 587 g/mol. The molecule has 0 saturated carbocycles. The fourth-order valence-electron chi connectivity index (χ4n) is 5.30. The van der Waals surface area contributed by atoms with Crippen molar-refractivity contribution in [3.05, 3.63) is 101 Å². The summed E-state index contributed by atoms with van der Waals surface area (Å²) in [6.07, 6.45) is -2.35. The summed E-state index contributed by atoms with van der Waals surface area (Å²) in [6.45, 7) is 6.32. The summed E-state index contributed by atoms with van der Waals surface area (Å²) in [7, 11) is -4.38. The summed E-state index contributed by atoms with van der Waals surface area (Å²) < 4.78 is 68.5. The number of rotatable bonds is 10. The van der Waals surface area contributed by atoms with Crippen molar-refractivity contribution >= 4 is 15.9 Å². The molecule has 3 atom stereocenters. The number of nitrogens with one attached hydrogen (secondary N) is 3. The number of sulfonamides is 1. The largest absolute Gasteiger partial charge is 0.416 e. The zero-order chi connectivity index (χ0) is 29.8. The van der Waals surface area contributed by atoms with Gasteiger partial charge in [0.25, 0.3) is 0 Å². The van der Waals surface area contributed by atoms with Crippen LogP contribution in [0.1, 0.15) is 86.0 Å². The third-order valence-corrected chi connectivity index (χ3v) is 8.73. The van der Waals surface area contributed by atoms with Crippen LogP contribution in [0, 0.1) is 0 Å². The Morgan fingerprint density at radius 2 is 1.68 bits per heavy atom. The van der Waals surface area contributed by atoms with Crippen molar-refractivity contribution in [3.8, 4) is 0 Å². The first-order chi connectivity index (χ1) is 19.3. The van der Waals surface area contributed by atoms with Crippen LogP contribution in [0.4, 0.5) is 13.2 Å². The van der Waals surface area contributed by atoms with Crippen LogP contribution in [-0.2, 0) is 27.4 Å². The Morgan fingerprint density at radius 1 is 0.951 bits per heavy atom. The summed E-state index contributed by atoms with van der Waals surface area (Å²) >= 11 is 0. The average Bonchev–Trinajstić information content (AvgIpc) is 2.92. The molecule has 6 nitrogen and oxygen atoms in total. The van der Waals surface area contributed by atoms with E-state index in [0.29, 0.717) is 17.7 Å². The molecule has 1 amide bonds. The second kappa shape index (κ2) is 12.8. The van der Waals surface area contributed by atoms with Crippen molar-refractivity contribution in [1.82, 2.24) is 15.4 Å². The fraction of sp³-hybridized carbons (Fsp3) is 0.387. The van der Waals surface area contributed by atoms with Gasteiger partial charge < -0.3 is 10.6 Å². The summed E-state index contributed by atoms with van der Waals surface area (Å²) in [6, 6.07) is 17.7. The molecule has 0 bridgehead atoms. The van der Waals surface area contributed by atoms with Gasteiger partial charge in [0.2, 0.25) is 15.9 Å². The van der Waals surface area contributed by atoms with Crippen molar-refractivity contribution < 1.29 is 26.4 Å². The molecule has 0 radical (unpaired) electrons. The van der Waals surface area contributed by atoms with E-state index in [1.54, 1.807) is 30.3 Å². The highest BCUT2D eigenvalue weighted by Gasteiger charge is 2.33. The van der Waals surface area contributed by atoms with Gasteiger partial charge in [-0.2, -0.15) is 13.2 Å². The number of fused-ring (bicyclic) bond motifs is 1. The second-order valence-corrected chi connectivity index (χ2v) is 12.5. The average molecular weight is 588 g/mol. The lowest BCUT2D eigenvalue weighted by Gasteiger charge is -2.29. The van der Waals surface area contributed by atoms with E-state index in [9.17, 15) is 26.4 Å². The molecule has 4 rings (SSSR count). The molecule has 220 valence electrons. The molecule has 1 aliphatic rings. The smallest absolute Gasteiger partial charge is 0.349 e. The van der Waals surface area contributed by atoms with E-state index >= 15 is 0 Å². The van der Waals surface area contributed by atoms with Crippen molar-refractivity contribution in [3.63, 3.8) is 0 Å². The van der Waals surface area contributed by atoms with Gasteiger partial charge in [0.15, 0.2) is 0 Å². The summed E-state index contributed by atoms with van der Waals surface area (Å²) in [5.74, 6) is -0.359. The maximum Gasteiger partial charge on any atom is 0.416 e. The van der Waals surface area contributed by atoms with Crippen LogP contribution in [0.3, 0.4) is 0 Å². The molecule has 3 aromatic carbocycles. The SMILES string of the molecule is CC(C)NC(C)c1ccc2c(c1)CCC[C@H]2NC(=O)C[C@@H](NS(=O)(=O)c1cccc(C(F)(F)F)c1)c1ccccc1. The summed E-state index contributed by atoms with van der Waals surface area (Å²) in [5, 5.41) is 6.58. The molecule has 0 spiro atoms. The lowest BCUT2D eigenvalue weighted by molar-refractivity contribution is -0.137. The van der Waals surface area contributed by atoms with Gasteiger partial charge in [0.1, 0.15) is 0 Å². The maximum atomic E-state index is 13.3. The number of carbonyl (C=O) groups excluding carboxylic acids is 1. The van der Waals surface area contributed by atoms with Crippen LogP contribution in [0.2, 0.25) is 0 Å². The number of hydrogen-bond acceptors (Lipinski definition) is 4. The number of hydrogen-bond donors (Lipinski definition) is 3. The Hall–Kier alpha value is -3.21. The molecule has 10 heteroatoms. The normalized spacial score (nSPS) is 17.1. The first-order valence-corrected chi connectivity index (χ1v) is 15.2. The van der Waals surface area contributed by atoms with Crippen LogP contribution in [0.15, 0.2) is 77.7 Å². The third kappa shape index (κ3) is 7.96. The van der Waals surface area contributed by atoms with Crippen LogP contribution < -0.4 is 15.4 Å². The molecule has 0 fully saturated rings. The van der Waals surface area contributed by atoms with Crippen LogP contribution in [0.5, 0.6) is 0 Å². The lowest BCUT2D eigenvalue weighted by atomic mass is 9.85. The van der Waals surface area contributed by atoms with Gasteiger partial charge in [-0.1, -0.05) is 68.4 Å². The van der Waals surface area contributed by atoms with Gasteiger partial charge in [-0.15, -0.1) is 0 Å². The molecular weight excluding hydrogens is 551 g/mol. The summed E-state index contributed by atoms with van der Waals surface area (Å²) in [4.78, 5) is 12.8. The number of alkyl halides is 3. The first-order valence-electron chi connectivity index (χ1n) is 13.8.